The van der Waals surface area contributed by atoms with E-state index in [4.69, 9.17) is 1.41 Å². The summed E-state index contributed by atoms with van der Waals surface area (Å²) in [6.07, 6.45) is 0. The first-order valence-corrected chi connectivity index (χ1v) is 1.56. The number of carbonyl (C=O) groups excluding carboxylic acids is 1. The normalized spacial score (nSPS) is 9.17. The van der Waals surface area contributed by atoms with Gasteiger partial charge >= 0.3 is 0 Å². The SMILES string of the molecule is [2H]NC(=O)C(=C)C. The maximum Gasteiger partial charge on any atom is 0.243 e. The fourth-order valence-corrected chi connectivity index (χ4v) is 0. The molecular formula is C4H7NO. The molecule has 0 aromatic heterocycles. The van der Waals surface area contributed by atoms with Crippen molar-refractivity contribution in [2.24, 2.45) is 5.73 Å². The monoisotopic (exact) mass is 86.1 g/mol. The Hall–Kier alpha value is -0.790. The fraction of sp³-hybridized carbons (Fsp3) is 0.250. The van der Waals surface area contributed by atoms with Crippen molar-refractivity contribution in [3.05, 3.63) is 12.2 Å². The lowest BCUT2D eigenvalue weighted by Crippen LogP contribution is -2.10. The molecule has 6 heavy (non-hydrogen) atoms. The van der Waals surface area contributed by atoms with Crippen LogP contribution >= 0.6 is 0 Å². The van der Waals surface area contributed by atoms with E-state index in [1.807, 2.05) is 0 Å². The summed E-state index contributed by atoms with van der Waals surface area (Å²) in [5.41, 5.74) is 2.03. The molecule has 2 N–H and O–H groups in total. The van der Waals surface area contributed by atoms with Crippen LogP contribution in [0.15, 0.2) is 12.2 Å². The van der Waals surface area contributed by atoms with Gasteiger partial charge in [-0.05, 0) is 6.92 Å². The van der Waals surface area contributed by atoms with Gasteiger partial charge < -0.3 is 5.73 Å². The number of amides is 1. The van der Waals surface area contributed by atoms with Crippen LogP contribution in [0.25, 0.3) is 0 Å². The highest BCUT2D eigenvalue weighted by Gasteiger charge is 1.86. The third kappa shape index (κ3) is 1.52. The highest BCUT2D eigenvalue weighted by molar-refractivity contribution is 5.90. The molecule has 2 heteroatoms. The first-order valence-electron chi connectivity index (χ1n) is 2.06. The third-order valence-electron chi connectivity index (χ3n) is 0.388. The van der Waals surface area contributed by atoms with E-state index in [2.05, 4.69) is 6.58 Å². The van der Waals surface area contributed by atoms with Crippen LogP contribution < -0.4 is 5.73 Å². The number of primary amides is 1. The van der Waals surface area contributed by atoms with Crippen molar-refractivity contribution in [1.29, 1.82) is 0 Å². The Bertz CT molecular complexity index is 99.9. The maximum atomic E-state index is 10.1. The minimum atomic E-state index is -0.431. The molecule has 0 bridgehead atoms. The zero-order valence-corrected chi connectivity index (χ0v) is 3.62. The molecule has 1 amide bonds. The van der Waals surface area contributed by atoms with Crippen molar-refractivity contribution in [2.75, 3.05) is 0 Å². The van der Waals surface area contributed by atoms with E-state index in [0.29, 0.717) is 5.57 Å². The Labute approximate surface area is 38.1 Å². The Morgan fingerprint density at radius 1 is 2.17 bits per heavy atom. The standard InChI is InChI=1S/C4H7NO/c1-3(2)4(5)6/h1H2,2H3,(H2,5,6)/i/hD. The van der Waals surface area contributed by atoms with Gasteiger partial charge in [0.25, 0.3) is 0 Å². The molecule has 2 nitrogen and oxygen atoms in total. The van der Waals surface area contributed by atoms with Gasteiger partial charge in [-0.1, -0.05) is 6.58 Å². The summed E-state index contributed by atoms with van der Waals surface area (Å²) < 4.78 is 6.28. The van der Waals surface area contributed by atoms with Gasteiger partial charge in [-0.15, -0.1) is 0 Å². The number of rotatable bonds is 1. The number of carbonyl (C=O) groups is 1. The predicted octanol–water partition coefficient (Wildman–Crippen LogP) is 0.0478. The summed E-state index contributed by atoms with van der Waals surface area (Å²) in [4.78, 5) is 10.1. The second-order valence-corrected chi connectivity index (χ2v) is 1.11. The predicted molar refractivity (Wildman–Crippen MR) is 24.0 cm³/mol. The van der Waals surface area contributed by atoms with Crippen LogP contribution in [0.2, 0.25) is 1.41 Å². The zero-order chi connectivity index (χ0) is 5.86. The van der Waals surface area contributed by atoms with Crippen molar-refractivity contribution >= 4 is 5.91 Å². The van der Waals surface area contributed by atoms with Gasteiger partial charge in [-0.2, -0.15) is 0 Å². The average Bonchev–Trinajstić information content (AvgIpc) is 1.65. The van der Waals surface area contributed by atoms with Gasteiger partial charge in [0.05, 0.1) is 0 Å². The average molecular weight is 86.1 g/mol. The Balaban J connectivity index is 3.58. The number of hydrogen-bond donors (Lipinski definition) is 1. The van der Waals surface area contributed by atoms with Crippen molar-refractivity contribution in [3.63, 3.8) is 0 Å². The first-order chi connectivity index (χ1) is 3.18. The minimum Gasteiger partial charge on any atom is -0.366 e. The molecular weight excluding hydrogens is 78.0 g/mol. The molecule has 0 saturated carbocycles. The highest BCUT2D eigenvalue weighted by Crippen LogP contribution is 1.78. The third-order valence-corrected chi connectivity index (χ3v) is 0.388. The molecule has 0 spiro atoms. The lowest BCUT2D eigenvalue weighted by Gasteiger charge is -1.81. The molecule has 0 saturated heterocycles. The van der Waals surface area contributed by atoms with E-state index in [-0.39, 0.29) is 0 Å². The molecule has 0 aliphatic heterocycles. The van der Waals surface area contributed by atoms with Gasteiger partial charge in [0.15, 0.2) is 1.41 Å². The van der Waals surface area contributed by atoms with Crippen LogP contribution in [0, 0.1) is 0 Å². The van der Waals surface area contributed by atoms with Gasteiger partial charge in [0, 0.05) is 5.57 Å². The molecule has 0 aliphatic rings. The van der Waals surface area contributed by atoms with Gasteiger partial charge in [-0.25, -0.2) is 0 Å². The van der Waals surface area contributed by atoms with Crippen molar-refractivity contribution in [3.8, 4) is 0 Å². The smallest absolute Gasteiger partial charge is 0.243 e. The largest absolute Gasteiger partial charge is 0.366 e. The minimum absolute atomic E-state index is 0.356. The van der Waals surface area contributed by atoms with E-state index in [1.165, 1.54) is 0 Å². The van der Waals surface area contributed by atoms with Crippen LogP contribution in [0.1, 0.15) is 6.92 Å². The van der Waals surface area contributed by atoms with Gasteiger partial charge in [0.1, 0.15) is 0 Å². The van der Waals surface area contributed by atoms with Gasteiger partial charge in [-0.3, -0.25) is 4.79 Å². The molecule has 0 radical (unpaired) electrons. The van der Waals surface area contributed by atoms with E-state index in [9.17, 15) is 4.79 Å². The van der Waals surface area contributed by atoms with E-state index in [1.54, 1.807) is 12.7 Å². The summed E-state index contributed by atoms with van der Waals surface area (Å²) in [5, 5.41) is 0. The lowest BCUT2D eigenvalue weighted by atomic mass is 10.3. The molecule has 0 rings (SSSR count). The van der Waals surface area contributed by atoms with Crippen LogP contribution in [0.5, 0.6) is 0 Å². The molecule has 34 valence electrons. The van der Waals surface area contributed by atoms with E-state index in [0.717, 1.165) is 0 Å². The van der Waals surface area contributed by atoms with Crippen LogP contribution in [0.4, 0.5) is 0 Å². The molecule has 0 aromatic rings. The summed E-state index contributed by atoms with van der Waals surface area (Å²) >= 11 is 0. The molecule has 0 fully saturated rings. The Kier molecular flexibility index (Phi) is 0.906. The fourth-order valence-electron chi connectivity index (χ4n) is 0. The Morgan fingerprint density at radius 3 is 2.67 bits per heavy atom. The van der Waals surface area contributed by atoms with E-state index < -0.39 is 5.91 Å². The van der Waals surface area contributed by atoms with E-state index >= 15 is 0 Å². The van der Waals surface area contributed by atoms with Crippen LogP contribution in [-0.4, -0.2) is 5.91 Å². The van der Waals surface area contributed by atoms with Gasteiger partial charge in [0.2, 0.25) is 5.91 Å². The maximum absolute atomic E-state index is 10.1. The second-order valence-electron chi connectivity index (χ2n) is 1.11. The summed E-state index contributed by atoms with van der Waals surface area (Å²) in [6.45, 7) is 4.84. The molecule has 0 aromatic carbocycles. The van der Waals surface area contributed by atoms with Crippen molar-refractivity contribution in [1.82, 2.24) is 0 Å². The summed E-state index contributed by atoms with van der Waals surface area (Å²) in [6, 6.07) is 0. The molecule has 0 unspecified atom stereocenters. The first kappa shape index (κ1) is 3.40. The molecule has 0 aliphatic carbocycles. The lowest BCUT2D eigenvalue weighted by molar-refractivity contribution is -0.114. The number of hydrogen-bond acceptors (Lipinski definition) is 1. The van der Waals surface area contributed by atoms with Crippen LogP contribution in [0.3, 0.4) is 0 Å². The second kappa shape index (κ2) is 1.60. The summed E-state index contributed by atoms with van der Waals surface area (Å²) in [5.74, 6) is -0.431. The number of nitrogens with two attached hydrogens (primary N) is 1. The topological polar surface area (TPSA) is 43.1 Å². The Morgan fingerprint density at radius 2 is 2.67 bits per heavy atom. The summed E-state index contributed by atoms with van der Waals surface area (Å²) in [7, 11) is 0. The molecule has 0 atom stereocenters. The zero-order valence-electron chi connectivity index (χ0n) is 4.62. The van der Waals surface area contributed by atoms with Crippen LogP contribution in [-0.2, 0) is 4.79 Å². The van der Waals surface area contributed by atoms with Crippen molar-refractivity contribution < 1.29 is 6.21 Å². The quantitative estimate of drug-likeness (QED) is 0.450. The van der Waals surface area contributed by atoms with Crippen molar-refractivity contribution in [2.45, 2.75) is 6.92 Å². The highest BCUT2D eigenvalue weighted by atomic mass is 16.1. The molecule has 0 heterocycles.